The van der Waals surface area contributed by atoms with Gasteiger partial charge in [0.2, 0.25) is 0 Å². The second kappa shape index (κ2) is 6.31. The van der Waals surface area contributed by atoms with E-state index >= 15 is 0 Å². The summed E-state index contributed by atoms with van der Waals surface area (Å²) in [5, 5.41) is 0. The van der Waals surface area contributed by atoms with Gasteiger partial charge in [-0.05, 0) is 0 Å². The summed E-state index contributed by atoms with van der Waals surface area (Å²) in [6.45, 7) is 4.93. The summed E-state index contributed by atoms with van der Waals surface area (Å²) in [6.07, 6.45) is 0. The first-order valence-corrected chi connectivity index (χ1v) is 5.19. The fraction of sp³-hybridized carbons (Fsp3) is 1.00. The quantitative estimate of drug-likeness (QED) is 0.601. The molecule has 0 fully saturated rings. The summed E-state index contributed by atoms with van der Waals surface area (Å²) in [5.41, 5.74) is 0. The molecule has 0 heterocycles. The topological polar surface area (TPSA) is 27.7 Å². The molecule has 0 saturated heterocycles. The van der Waals surface area contributed by atoms with Crippen molar-refractivity contribution in [1.82, 2.24) is 0 Å². The average molecular weight is 183 g/mol. The Morgan fingerprint density at radius 2 is 1.70 bits per heavy atom. The van der Waals surface area contributed by atoms with Crippen LogP contribution in [-0.4, -0.2) is 20.8 Å². The van der Waals surface area contributed by atoms with Crippen molar-refractivity contribution < 1.29 is 29.0 Å². The second-order valence-corrected chi connectivity index (χ2v) is 4.87. The van der Waals surface area contributed by atoms with Crippen molar-refractivity contribution in [2.45, 2.75) is 13.8 Å². The predicted molar refractivity (Wildman–Crippen MR) is 34.8 cm³/mol. The van der Waals surface area contributed by atoms with E-state index in [1.165, 1.54) is 0 Å². The summed E-state index contributed by atoms with van der Waals surface area (Å²) < 4.78 is 15.3. The van der Waals surface area contributed by atoms with E-state index in [2.05, 4.69) is 13.8 Å². The Morgan fingerprint density at radius 1 is 1.20 bits per heavy atom. The van der Waals surface area contributed by atoms with Crippen LogP contribution >= 0.6 is 0 Å². The summed E-state index contributed by atoms with van der Waals surface area (Å²) >= 11 is -2.00. The third kappa shape index (κ3) is 5.38. The van der Waals surface area contributed by atoms with Gasteiger partial charge in [-0.2, -0.15) is 0 Å². The van der Waals surface area contributed by atoms with E-state index in [-0.39, 0.29) is 0 Å². The van der Waals surface area contributed by atoms with Crippen LogP contribution in [0, 0.1) is 5.92 Å². The molecule has 0 aliphatic rings. The van der Waals surface area contributed by atoms with Gasteiger partial charge >= 0.3 is 69.6 Å². The maximum atomic E-state index is 5.32. The van der Waals surface area contributed by atoms with Crippen LogP contribution in [0.4, 0.5) is 0 Å². The molecule has 0 radical (unpaired) electrons. The van der Waals surface area contributed by atoms with Crippen molar-refractivity contribution in [3.63, 3.8) is 0 Å². The molecule has 4 heteroatoms. The van der Waals surface area contributed by atoms with Gasteiger partial charge in [0.25, 0.3) is 0 Å². The van der Waals surface area contributed by atoms with Gasteiger partial charge in [-0.3, -0.25) is 0 Å². The minimum atomic E-state index is -2.00. The Kier molecular flexibility index (Phi) is 6.69. The summed E-state index contributed by atoms with van der Waals surface area (Å²) in [4.78, 5) is 0. The molecule has 0 spiro atoms. The first-order valence-electron chi connectivity index (χ1n) is 3.28. The van der Waals surface area contributed by atoms with Crippen LogP contribution in [0.1, 0.15) is 13.8 Å². The van der Waals surface area contributed by atoms with Crippen molar-refractivity contribution in [2.75, 3.05) is 20.8 Å². The first-order chi connectivity index (χ1) is 4.70. The molecule has 10 heavy (non-hydrogen) atoms. The van der Waals surface area contributed by atoms with Gasteiger partial charge in [-0.1, -0.05) is 0 Å². The number of rotatable bonds is 5. The molecule has 0 aliphatic carbocycles. The van der Waals surface area contributed by atoms with E-state index in [1.807, 2.05) is 0 Å². The second-order valence-electron chi connectivity index (χ2n) is 2.36. The first kappa shape index (κ1) is 10.6. The van der Waals surface area contributed by atoms with Crippen molar-refractivity contribution in [3.05, 3.63) is 0 Å². The van der Waals surface area contributed by atoms with E-state index in [1.54, 1.807) is 14.2 Å². The fourth-order valence-corrected chi connectivity index (χ4v) is 1.80. The molecule has 0 unspecified atom stereocenters. The molecule has 0 aliphatic heterocycles. The van der Waals surface area contributed by atoms with E-state index in [0.717, 1.165) is 6.61 Å². The molecule has 61 valence electrons. The van der Waals surface area contributed by atoms with Crippen LogP contribution in [0.2, 0.25) is 0 Å². The minimum absolute atomic E-state index is 0.549. The fourth-order valence-electron chi connectivity index (χ4n) is 0.436. The third-order valence-electron chi connectivity index (χ3n) is 0.868. The predicted octanol–water partition coefficient (Wildman–Crippen LogP) is 1.31. The Hall–Kier alpha value is 0.594. The Balaban J connectivity index is 3.26. The molecule has 0 bridgehead atoms. The van der Waals surface area contributed by atoms with Crippen LogP contribution in [0.25, 0.3) is 0 Å². The van der Waals surface area contributed by atoms with Gasteiger partial charge in [-0.25, -0.2) is 0 Å². The Bertz CT molecular complexity index is 73.4. The number of hydrogen-bond acceptors (Lipinski definition) is 3. The molecule has 0 aromatic carbocycles. The van der Waals surface area contributed by atoms with E-state index in [0.29, 0.717) is 5.92 Å². The molecule has 0 N–H and O–H groups in total. The molecule has 3 nitrogen and oxygen atoms in total. The van der Waals surface area contributed by atoms with Gasteiger partial charge in [0.05, 0.1) is 0 Å². The van der Waals surface area contributed by atoms with Crippen LogP contribution in [-0.2, 0) is 29.0 Å². The summed E-state index contributed by atoms with van der Waals surface area (Å²) in [7, 11) is 3.25. The maximum absolute atomic E-state index is 5.32. The number of hydrogen-bond donors (Lipinski definition) is 0. The molecular weight excluding hydrogens is 168 g/mol. The third-order valence-corrected chi connectivity index (χ3v) is 2.54. The Labute approximate surface area is 69.9 Å². The average Bonchev–Trinajstić information content (AvgIpc) is 1.90. The monoisotopic (exact) mass is 183 g/mol. The van der Waals surface area contributed by atoms with Crippen molar-refractivity contribution in [1.29, 1.82) is 0 Å². The molecule has 0 amide bonds. The van der Waals surface area contributed by atoms with Crippen LogP contribution in [0.15, 0.2) is 0 Å². The van der Waals surface area contributed by atoms with E-state index in [4.69, 9.17) is 9.96 Å². The van der Waals surface area contributed by atoms with E-state index < -0.39 is 19.0 Å². The molecular formula is C6H15O3Ti. The van der Waals surface area contributed by atoms with Crippen molar-refractivity contribution >= 4 is 0 Å². The van der Waals surface area contributed by atoms with E-state index in [9.17, 15) is 0 Å². The summed E-state index contributed by atoms with van der Waals surface area (Å²) in [5.74, 6) is 0.549. The molecule has 0 saturated carbocycles. The van der Waals surface area contributed by atoms with Gasteiger partial charge in [-0.15, -0.1) is 0 Å². The van der Waals surface area contributed by atoms with Gasteiger partial charge < -0.3 is 0 Å². The zero-order valence-electron chi connectivity index (χ0n) is 7.01. The van der Waals surface area contributed by atoms with Crippen molar-refractivity contribution in [3.8, 4) is 0 Å². The van der Waals surface area contributed by atoms with Gasteiger partial charge in [0.1, 0.15) is 0 Å². The normalized spacial score (nSPS) is 10.5. The zero-order valence-corrected chi connectivity index (χ0v) is 8.57. The Morgan fingerprint density at radius 3 is 2.00 bits per heavy atom. The van der Waals surface area contributed by atoms with Crippen LogP contribution in [0.3, 0.4) is 0 Å². The standard InChI is InChI=1S/C4H9O.2CH3O.Ti/c1-4(2)3-5;2*1-2;/h4H,3H2,1-2H3;2*1H3;/q3*-1;+3. The zero-order chi connectivity index (χ0) is 7.98. The SMILES string of the molecule is C[O][Ti]([O]C)[O]CC(C)C. The molecule has 0 aromatic rings. The molecule has 0 aromatic heterocycles. The molecule has 0 atom stereocenters. The van der Waals surface area contributed by atoms with Crippen LogP contribution < -0.4 is 0 Å². The van der Waals surface area contributed by atoms with Crippen molar-refractivity contribution in [2.24, 2.45) is 5.92 Å². The van der Waals surface area contributed by atoms with Gasteiger partial charge in [0.15, 0.2) is 0 Å². The van der Waals surface area contributed by atoms with Crippen LogP contribution in [0.5, 0.6) is 0 Å². The summed E-state index contributed by atoms with van der Waals surface area (Å²) in [6, 6.07) is 0. The van der Waals surface area contributed by atoms with Gasteiger partial charge in [0, 0.05) is 0 Å². The molecule has 0 rings (SSSR count).